The van der Waals surface area contributed by atoms with Gasteiger partial charge in [0.25, 0.3) is 0 Å². The fourth-order valence-corrected chi connectivity index (χ4v) is 2.43. The molecule has 0 amide bonds. The van der Waals surface area contributed by atoms with Gasteiger partial charge in [0.05, 0.1) is 9.34 Å². The highest BCUT2D eigenvalue weighted by atomic mass is 35.5. The molecule has 0 atom stereocenters. The van der Waals surface area contributed by atoms with E-state index < -0.39 is 0 Å². The minimum Gasteiger partial charge on any atom is -0.330 e. The van der Waals surface area contributed by atoms with E-state index >= 15 is 0 Å². The van der Waals surface area contributed by atoms with Crippen LogP contribution in [0.5, 0.6) is 0 Å². The molecule has 0 aromatic carbocycles. The van der Waals surface area contributed by atoms with Crippen molar-refractivity contribution in [2.75, 3.05) is 18.5 Å². The fraction of sp³-hybridized carbons (Fsp3) is 0.273. The van der Waals surface area contributed by atoms with Gasteiger partial charge in [-0.2, -0.15) is 0 Å². The summed E-state index contributed by atoms with van der Waals surface area (Å²) in [6, 6.07) is 5.71. The number of halogens is 1. The molecule has 0 aliphatic carbocycles. The van der Waals surface area contributed by atoms with E-state index in [9.17, 15) is 0 Å². The average molecular weight is 269 g/mol. The van der Waals surface area contributed by atoms with Crippen LogP contribution in [-0.2, 0) is 6.42 Å². The van der Waals surface area contributed by atoms with Crippen molar-refractivity contribution in [2.45, 2.75) is 6.42 Å². The predicted octanol–water partition coefficient (Wildman–Crippen LogP) is 2.46. The Morgan fingerprint density at radius 2 is 2.24 bits per heavy atom. The number of nitrogens with zero attached hydrogens (tertiary/aromatic N) is 3. The zero-order valence-corrected chi connectivity index (χ0v) is 11.0. The molecular formula is C11H13ClN4S. The van der Waals surface area contributed by atoms with Crippen LogP contribution in [0.3, 0.4) is 0 Å². The molecule has 2 aromatic heterocycles. The second-order valence-electron chi connectivity index (χ2n) is 3.51. The molecule has 0 saturated carbocycles. The molecule has 17 heavy (non-hydrogen) atoms. The van der Waals surface area contributed by atoms with Crippen LogP contribution in [0.4, 0.5) is 10.8 Å². The van der Waals surface area contributed by atoms with E-state index in [1.807, 2.05) is 30.1 Å². The van der Waals surface area contributed by atoms with Crippen molar-refractivity contribution < 1.29 is 0 Å². The highest BCUT2D eigenvalue weighted by molar-refractivity contribution is 7.20. The Balaban J connectivity index is 2.24. The number of nitrogens with two attached hydrogens (primary N) is 1. The minimum absolute atomic E-state index is 0.554. The van der Waals surface area contributed by atoms with Crippen molar-refractivity contribution in [3.8, 4) is 0 Å². The Hall–Kier alpha value is -1.17. The standard InChI is InChI=1S/C11H13ClN4S/c1-16(11-3-2-8(12)17-11)10-5-7-14-9(15-10)4-6-13/h2-3,5,7H,4,6,13H2,1H3. The van der Waals surface area contributed by atoms with E-state index in [4.69, 9.17) is 17.3 Å². The van der Waals surface area contributed by atoms with Crippen molar-refractivity contribution >= 4 is 33.8 Å². The molecule has 2 heterocycles. The summed E-state index contributed by atoms with van der Waals surface area (Å²) in [6.07, 6.45) is 2.44. The Morgan fingerprint density at radius 1 is 1.41 bits per heavy atom. The highest BCUT2D eigenvalue weighted by Gasteiger charge is 2.08. The van der Waals surface area contributed by atoms with Crippen LogP contribution in [0, 0.1) is 0 Å². The average Bonchev–Trinajstić information content (AvgIpc) is 2.76. The van der Waals surface area contributed by atoms with Crippen LogP contribution >= 0.6 is 22.9 Å². The maximum absolute atomic E-state index is 5.92. The molecule has 90 valence electrons. The maximum atomic E-state index is 5.92. The lowest BCUT2D eigenvalue weighted by atomic mass is 10.4. The van der Waals surface area contributed by atoms with Crippen molar-refractivity contribution in [3.05, 3.63) is 34.6 Å². The Kier molecular flexibility index (Phi) is 3.93. The lowest BCUT2D eigenvalue weighted by Gasteiger charge is -2.16. The zero-order chi connectivity index (χ0) is 12.3. The maximum Gasteiger partial charge on any atom is 0.137 e. The van der Waals surface area contributed by atoms with Crippen molar-refractivity contribution in [3.63, 3.8) is 0 Å². The van der Waals surface area contributed by atoms with Crippen molar-refractivity contribution in [1.82, 2.24) is 9.97 Å². The van der Waals surface area contributed by atoms with E-state index in [0.717, 1.165) is 21.0 Å². The van der Waals surface area contributed by atoms with E-state index in [-0.39, 0.29) is 0 Å². The van der Waals surface area contributed by atoms with Gasteiger partial charge >= 0.3 is 0 Å². The normalized spacial score (nSPS) is 10.5. The molecule has 2 N–H and O–H groups in total. The lowest BCUT2D eigenvalue weighted by molar-refractivity contribution is 0.862. The van der Waals surface area contributed by atoms with Crippen molar-refractivity contribution in [1.29, 1.82) is 0 Å². The number of thiophene rings is 1. The highest BCUT2D eigenvalue weighted by Crippen LogP contribution is 2.32. The molecule has 0 aliphatic heterocycles. The predicted molar refractivity (Wildman–Crippen MR) is 72.2 cm³/mol. The molecule has 0 aliphatic rings. The van der Waals surface area contributed by atoms with Crippen LogP contribution in [0.2, 0.25) is 4.34 Å². The lowest BCUT2D eigenvalue weighted by Crippen LogP contribution is -2.13. The fourth-order valence-electron chi connectivity index (χ4n) is 1.42. The third-order valence-electron chi connectivity index (χ3n) is 2.29. The van der Waals surface area contributed by atoms with Crippen LogP contribution in [0.1, 0.15) is 5.82 Å². The van der Waals surface area contributed by atoms with E-state index in [0.29, 0.717) is 13.0 Å². The Labute approximate surface area is 109 Å². The first-order valence-electron chi connectivity index (χ1n) is 5.22. The summed E-state index contributed by atoms with van der Waals surface area (Å²) in [4.78, 5) is 10.6. The first kappa shape index (κ1) is 12.3. The van der Waals surface area contributed by atoms with Gasteiger partial charge in [-0.3, -0.25) is 0 Å². The third kappa shape index (κ3) is 2.94. The summed E-state index contributed by atoms with van der Waals surface area (Å²) >= 11 is 7.43. The van der Waals surface area contributed by atoms with Crippen LogP contribution in [0.15, 0.2) is 24.4 Å². The second-order valence-corrected chi connectivity index (χ2v) is 5.20. The molecule has 0 bridgehead atoms. The molecule has 2 rings (SSSR count). The quantitative estimate of drug-likeness (QED) is 0.926. The molecule has 0 radical (unpaired) electrons. The van der Waals surface area contributed by atoms with E-state index in [1.54, 1.807) is 6.20 Å². The van der Waals surface area contributed by atoms with Gasteiger partial charge in [-0.15, -0.1) is 11.3 Å². The monoisotopic (exact) mass is 268 g/mol. The molecule has 0 unspecified atom stereocenters. The molecule has 0 fully saturated rings. The molecule has 6 heteroatoms. The summed E-state index contributed by atoms with van der Waals surface area (Å²) in [5, 5.41) is 1.05. The molecule has 2 aromatic rings. The third-order valence-corrected chi connectivity index (χ3v) is 3.60. The number of rotatable bonds is 4. The van der Waals surface area contributed by atoms with Crippen LogP contribution in [-0.4, -0.2) is 23.6 Å². The number of hydrogen-bond acceptors (Lipinski definition) is 5. The topological polar surface area (TPSA) is 55.0 Å². The van der Waals surface area contributed by atoms with Crippen LogP contribution in [0.25, 0.3) is 0 Å². The summed E-state index contributed by atoms with van der Waals surface area (Å²) in [5.74, 6) is 1.61. The minimum atomic E-state index is 0.554. The molecule has 0 saturated heterocycles. The first-order chi connectivity index (χ1) is 8.20. The summed E-state index contributed by atoms with van der Waals surface area (Å²) in [7, 11) is 1.96. The summed E-state index contributed by atoms with van der Waals surface area (Å²) in [6.45, 7) is 0.554. The SMILES string of the molecule is CN(c1ccnc(CCN)n1)c1ccc(Cl)s1. The van der Waals surface area contributed by atoms with Gasteiger partial charge in [0.15, 0.2) is 0 Å². The van der Waals surface area contributed by atoms with Gasteiger partial charge in [0.1, 0.15) is 11.6 Å². The molecule has 4 nitrogen and oxygen atoms in total. The van der Waals surface area contributed by atoms with Gasteiger partial charge in [-0.1, -0.05) is 11.6 Å². The Bertz CT molecular complexity index is 500. The zero-order valence-electron chi connectivity index (χ0n) is 9.43. The Morgan fingerprint density at radius 3 is 2.88 bits per heavy atom. The van der Waals surface area contributed by atoms with Crippen molar-refractivity contribution in [2.24, 2.45) is 5.73 Å². The summed E-state index contributed by atoms with van der Waals surface area (Å²) in [5.41, 5.74) is 5.49. The number of hydrogen-bond donors (Lipinski definition) is 1. The molecular weight excluding hydrogens is 256 g/mol. The van der Waals surface area contributed by atoms with Gasteiger partial charge in [0, 0.05) is 19.7 Å². The molecule has 0 spiro atoms. The first-order valence-corrected chi connectivity index (χ1v) is 6.41. The van der Waals surface area contributed by atoms with Gasteiger partial charge < -0.3 is 10.6 Å². The largest absolute Gasteiger partial charge is 0.330 e. The van der Waals surface area contributed by atoms with Gasteiger partial charge in [0.2, 0.25) is 0 Å². The van der Waals surface area contributed by atoms with E-state index in [2.05, 4.69) is 9.97 Å². The van der Waals surface area contributed by atoms with E-state index in [1.165, 1.54) is 11.3 Å². The number of aromatic nitrogens is 2. The van der Waals surface area contributed by atoms with Gasteiger partial charge in [-0.25, -0.2) is 9.97 Å². The summed E-state index contributed by atoms with van der Waals surface area (Å²) < 4.78 is 0.767. The van der Waals surface area contributed by atoms with Gasteiger partial charge in [-0.05, 0) is 24.7 Å². The number of anilines is 2. The van der Waals surface area contributed by atoms with Crippen LogP contribution < -0.4 is 10.6 Å². The smallest absolute Gasteiger partial charge is 0.137 e. The second kappa shape index (κ2) is 5.44.